The third-order valence-corrected chi connectivity index (χ3v) is 8.65. The maximum Gasteiger partial charge on any atom is 0.202 e. The second-order valence-electron chi connectivity index (χ2n) is 12.0. The molecule has 1 saturated heterocycles. The van der Waals surface area contributed by atoms with E-state index in [0.29, 0.717) is 18.0 Å². The molecule has 7 nitrogen and oxygen atoms in total. The molecule has 3 aliphatic rings. The van der Waals surface area contributed by atoms with Gasteiger partial charge in [0.15, 0.2) is 0 Å². The average molecular weight is 524 g/mol. The van der Waals surface area contributed by atoms with Gasteiger partial charge in [0.25, 0.3) is 0 Å². The first-order valence-electron chi connectivity index (χ1n) is 14.5. The van der Waals surface area contributed by atoms with Crippen LogP contribution in [0.1, 0.15) is 79.1 Å². The van der Waals surface area contributed by atoms with E-state index in [0.717, 1.165) is 80.3 Å². The number of methoxy groups -OCH3 is 1. The van der Waals surface area contributed by atoms with Gasteiger partial charge in [-0.05, 0) is 77.0 Å². The van der Waals surface area contributed by atoms with Crippen molar-refractivity contribution in [3.63, 3.8) is 0 Å². The number of benzene rings is 1. The van der Waals surface area contributed by atoms with Crippen LogP contribution >= 0.6 is 0 Å². The monoisotopic (exact) mass is 523 g/mol. The minimum absolute atomic E-state index is 0.0298. The van der Waals surface area contributed by atoms with Crippen LogP contribution < -0.4 is 15.4 Å². The van der Waals surface area contributed by atoms with E-state index in [1.807, 2.05) is 24.4 Å². The summed E-state index contributed by atoms with van der Waals surface area (Å²) in [5, 5.41) is 8.51. The van der Waals surface area contributed by atoms with Crippen LogP contribution in [0.3, 0.4) is 0 Å². The number of hydrogen-bond donors (Lipinski definition) is 2. The van der Waals surface area contributed by atoms with Crippen molar-refractivity contribution in [1.82, 2.24) is 10.3 Å². The fourth-order valence-corrected chi connectivity index (χ4v) is 6.05. The van der Waals surface area contributed by atoms with Crippen molar-refractivity contribution in [2.75, 3.05) is 19.0 Å². The Hall–Kier alpha value is -2.19. The lowest BCUT2D eigenvalue weighted by molar-refractivity contribution is -0.527. The molecule has 0 amide bonds. The standard InChI is InChI=1S/C31H45N3O4/c1-21(2)23-10-13-30(4)28(19-23)36-31(38-37-30)14-11-25(12-15-31)32-16-6-8-22(3)34-27-20-26(35-5)18-24-9-7-17-33-29(24)27/h7,9,17-22,25,28,32,34H,6,8,10-16H2,1-5H3/t22?,25?,28-,30+,31?/m1/s1. The first-order chi connectivity index (χ1) is 18.3. The fourth-order valence-electron chi connectivity index (χ4n) is 6.05. The summed E-state index contributed by atoms with van der Waals surface area (Å²) in [6, 6.07) is 8.92. The van der Waals surface area contributed by atoms with Gasteiger partial charge in [0.2, 0.25) is 5.79 Å². The smallest absolute Gasteiger partial charge is 0.202 e. The van der Waals surface area contributed by atoms with E-state index in [2.05, 4.69) is 55.5 Å². The van der Waals surface area contributed by atoms with E-state index in [1.165, 1.54) is 5.57 Å². The number of aromatic nitrogens is 1. The number of rotatable bonds is 9. The lowest BCUT2D eigenvalue weighted by atomic mass is 9.80. The highest BCUT2D eigenvalue weighted by molar-refractivity contribution is 5.91. The predicted molar refractivity (Wildman–Crippen MR) is 151 cm³/mol. The summed E-state index contributed by atoms with van der Waals surface area (Å²) in [6.07, 6.45) is 12.1. The van der Waals surface area contributed by atoms with Gasteiger partial charge in [0.05, 0.1) is 18.3 Å². The lowest BCUT2D eigenvalue weighted by Gasteiger charge is -2.51. The van der Waals surface area contributed by atoms with E-state index in [9.17, 15) is 0 Å². The summed E-state index contributed by atoms with van der Waals surface area (Å²) in [6.45, 7) is 9.87. The zero-order chi connectivity index (χ0) is 26.8. The molecule has 2 N–H and O–H groups in total. The molecule has 2 fully saturated rings. The number of hydrogen-bond acceptors (Lipinski definition) is 7. The van der Waals surface area contributed by atoms with Gasteiger partial charge in [-0.3, -0.25) is 4.98 Å². The minimum Gasteiger partial charge on any atom is -0.497 e. The molecule has 2 aliphatic carbocycles. The molecule has 1 saturated carbocycles. The maximum absolute atomic E-state index is 6.64. The van der Waals surface area contributed by atoms with Crippen LogP contribution in [0.2, 0.25) is 0 Å². The van der Waals surface area contributed by atoms with Crippen molar-refractivity contribution in [2.24, 2.45) is 5.92 Å². The quantitative estimate of drug-likeness (QED) is 0.220. The molecule has 1 unspecified atom stereocenters. The van der Waals surface area contributed by atoms with E-state index < -0.39 is 5.79 Å². The molecule has 2 heterocycles. The molecule has 1 spiro atoms. The average Bonchev–Trinajstić information content (AvgIpc) is 2.92. The van der Waals surface area contributed by atoms with E-state index >= 15 is 0 Å². The number of fused-ring (bicyclic) bond motifs is 2. The summed E-state index contributed by atoms with van der Waals surface area (Å²) in [7, 11) is 1.70. The van der Waals surface area contributed by atoms with E-state index in [4.69, 9.17) is 19.2 Å². The Morgan fingerprint density at radius 1 is 1.13 bits per heavy atom. The van der Waals surface area contributed by atoms with Crippen molar-refractivity contribution in [3.05, 3.63) is 42.1 Å². The van der Waals surface area contributed by atoms with Gasteiger partial charge < -0.3 is 20.1 Å². The first kappa shape index (κ1) is 27.4. The summed E-state index contributed by atoms with van der Waals surface area (Å²) in [4.78, 5) is 16.6. The third-order valence-electron chi connectivity index (χ3n) is 8.65. The summed E-state index contributed by atoms with van der Waals surface area (Å²) >= 11 is 0. The summed E-state index contributed by atoms with van der Waals surface area (Å²) in [5.74, 6) is 0.786. The van der Waals surface area contributed by atoms with Gasteiger partial charge in [-0.1, -0.05) is 31.6 Å². The zero-order valence-corrected chi connectivity index (χ0v) is 23.7. The molecule has 0 radical (unpaired) electrons. The Kier molecular flexibility index (Phi) is 8.29. The van der Waals surface area contributed by atoms with Crippen LogP contribution in [-0.4, -0.2) is 48.2 Å². The maximum atomic E-state index is 6.64. The van der Waals surface area contributed by atoms with E-state index in [-0.39, 0.29) is 11.7 Å². The number of anilines is 1. The molecular formula is C31H45N3O4. The Morgan fingerprint density at radius 2 is 1.95 bits per heavy atom. The van der Waals surface area contributed by atoms with Crippen LogP contribution in [0.15, 0.2) is 42.1 Å². The number of ether oxygens (including phenoxy) is 2. The van der Waals surface area contributed by atoms with Gasteiger partial charge in [-0.15, -0.1) is 0 Å². The highest BCUT2D eigenvalue weighted by atomic mass is 17.2. The number of nitrogens with zero attached hydrogens (tertiary/aromatic N) is 1. The van der Waals surface area contributed by atoms with Gasteiger partial charge in [-0.25, -0.2) is 9.78 Å². The molecule has 0 bridgehead atoms. The van der Waals surface area contributed by atoms with Gasteiger partial charge in [0, 0.05) is 42.6 Å². The molecule has 5 rings (SSSR count). The van der Waals surface area contributed by atoms with Crippen molar-refractivity contribution in [3.8, 4) is 5.75 Å². The fraction of sp³-hybridized carbons (Fsp3) is 0.645. The van der Waals surface area contributed by atoms with Crippen LogP contribution in [0.25, 0.3) is 10.9 Å². The highest BCUT2D eigenvalue weighted by Gasteiger charge is 2.52. The van der Waals surface area contributed by atoms with Crippen LogP contribution in [-0.2, 0) is 14.5 Å². The molecule has 1 aromatic heterocycles. The Labute approximate surface area is 227 Å². The first-order valence-corrected chi connectivity index (χ1v) is 14.5. The molecule has 3 atom stereocenters. The zero-order valence-electron chi connectivity index (χ0n) is 23.7. The largest absolute Gasteiger partial charge is 0.497 e. The molecule has 208 valence electrons. The van der Waals surface area contributed by atoms with Crippen LogP contribution in [0.4, 0.5) is 5.69 Å². The van der Waals surface area contributed by atoms with Gasteiger partial charge in [-0.2, -0.15) is 0 Å². The second-order valence-corrected chi connectivity index (χ2v) is 12.0. The van der Waals surface area contributed by atoms with Crippen molar-refractivity contribution in [2.45, 2.75) is 109 Å². The van der Waals surface area contributed by atoms with E-state index in [1.54, 1.807) is 7.11 Å². The third kappa shape index (κ3) is 6.01. The number of allylic oxidation sites excluding steroid dienone is 1. The molecule has 2 aromatic rings. The van der Waals surface area contributed by atoms with Crippen molar-refractivity contribution < 1.29 is 19.2 Å². The Morgan fingerprint density at radius 3 is 2.71 bits per heavy atom. The minimum atomic E-state index is -0.607. The molecule has 7 heteroatoms. The number of nitrogens with one attached hydrogen (secondary N) is 2. The van der Waals surface area contributed by atoms with Crippen LogP contribution in [0.5, 0.6) is 5.75 Å². The normalized spacial score (nSPS) is 30.2. The summed E-state index contributed by atoms with van der Waals surface area (Å²) in [5.41, 5.74) is 3.10. The summed E-state index contributed by atoms with van der Waals surface area (Å²) < 4.78 is 12.1. The van der Waals surface area contributed by atoms with Gasteiger partial charge in [0.1, 0.15) is 17.5 Å². The lowest BCUT2D eigenvalue weighted by Crippen LogP contribution is -2.59. The topological polar surface area (TPSA) is 73.9 Å². The Balaban J connectivity index is 1.06. The van der Waals surface area contributed by atoms with Crippen molar-refractivity contribution >= 4 is 16.6 Å². The number of pyridine rings is 1. The molecule has 1 aliphatic heterocycles. The molecular weight excluding hydrogens is 478 g/mol. The SMILES string of the molecule is COc1cc(NC(C)CCCNC2CCC3(CC2)OO[C@@]2(C)CCC(C(C)C)=C[C@H]2O3)c2ncccc2c1. The predicted octanol–water partition coefficient (Wildman–Crippen LogP) is 6.53. The van der Waals surface area contributed by atoms with Gasteiger partial charge >= 0.3 is 0 Å². The molecule has 38 heavy (non-hydrogen) atoms. The highest BCUT2D eigenvalue weighted by Crippen LogP contribution is 2.46. The van der Waals surface area contributed by atoms with Crippen molar-refractivity contribution in [1.29, 1.82) is 0 Å². The van der Waals surface area contributed by atoms with Crippen LogP contribution in [0, 0.1) is 5.92 Å². The Bertz CT molecular complexity index is 1130. The second kappa shape index (κ2) is 11.5. The molecule has 1 aromatic carbocycles.